The van der Waals surface area contributed by atoms with Gasteiger partial charge in [-0.3, -0.25) is 4.79 Å². The molecule has 0 aliphatic rings. The molecule has 0 saturated heterocycles. The van der Waals surface area contributed by atoms with Crippen molar-refractivity contribution in [2.75, 3.05) is 0 Å². The van der Waals surface area contributed by atoms with Crippen LogP contribution in [-0.2, 0) is 6.54 Å². The first-order valence-electron chi connectivity index (χ1n) is 6.64. The molecular formula is C14H19N5OS. The zero-order valence-corrected chi connectivity index (χ0v) is 13.4. The molecule has 21 heavy (non-hydrogen) atoms. The summed E-state index contributed by atoms with van der Waals surface area (Å²) in [6.07, 6.45) is 3.56. The Morgan fingerprint density at radius 1 is 1.29 bits per heavy atom. The molecule has 0 aliphatic heterocycles. The Morgan fingerprint density at radius 3 is 2.52 bits per heavy atom. The van der Waals surface area contributed by atoms with E-state index in [1.165, 1.54) is 17.8 Å². The summed E-state index contributed by atoms with van der Waals surface area (Å²) in [5.74, 6) is 0. The highest BCUT2D eigenvalue weighted by molar-refractivity contribution is 7.99. The summed E-state index contributed by atoms with van der Waals surface area (Å²) < 4.78 is 0. The molecule has 2 heterocycles. The predicted octanol–water partition coefficient (Wildman–Crippen LogP) is 1.91. The number of nitrogens with zero attached hydrogens (tertiary/aromatic N) is 3. The first-order valence-corrected chi connectivity index (χ1v) is 7.45. The highest BCUT2D eigenvalue weighted by Crippen LogP contribution is 2.19. The van der Waals surface area contributed by atoms with Gasteiger partial charge >= 0.3 is 0 Å². The summed E-state index contributed by atoms with van der Waals surface area (Å²) >= 11 is 1.24. The Hall–Kier alpha value is -1.73. The van der Waals surface area contributed by atoms with E-state index < -0.39 is 0 Å². The van der Waals surface area contributed by atoms with Gasteiger partial charge in [-0.15, -0.1) is 0 Å². The fourth-order valence-corrected chi connectivity index (χ4v) is 2.27. The normalized spacial score (nSPS) is 11.6. The van der Waals surface area contributed by atoms with Crippen molar-refractivity contribution in [1.82, 2.24) is 25.3 Å². The Bertz CT molecular complexity index is 660. The minimum Gasteiger partial charge on any atom is -0.308 e. The molecule has 0 atom stereocenters. The van der Waals surface area contributed by atoms with Crippen LogP contribution in [0.4, 0.5) is 0 Å². The average Bonchev–Trinajstić information content (AvgIpc) is 2.36. The second kappa shape index (κ2) is 6.36. The van der Waals surface area contributed by atoms with Gasteiger partial charge < -0.3 is 10.3 Å². The number of aryl methyl sites for hydroxylation is 1. The second-order valence-corrected chi connectivity index (χ2v) is 6.73. The van der Waals surface area contributed by atoms with Crippen LogP contribution in [0.15, 0.2) is 33.6 Å². The second-order valence-electron chi connectivity index (χ2n) is 5.77. The van der Waals surface area contributed by atoms with Crippen LogP contribution in [0.5, 0.6) is 0 Å². The van der Waals surface area contributed by atoms with E-state index in [0.29, 0.717) is 22.6 Å². The smallest absolute Gasteiger partial charge is 0.251 e. The van der Waals surface area contributed by atoms with Crippen molar-refractivity contribution in [2.24, 2.45) is 0 Å². The molecule has 0 saturated carbocycles. The molecule has 2 N–H and O–H groups in total. The third-order valence-electron chi connectivity index (χ3n) is 2.54. The summed E-state index contributed by atoms with van der Waals surface area (Å²) in [4.78, 5) is 26.8. The number of nitrogens with one attached hydrogen (secondary N) is 2. The van der Waals surface area contributed by atoms with E-state index in [1.807, 2.05) is 0 Å². The molecule has 0 fully saturated rings. The fraction of sp³-hybridized carbons (Fsp3) is 0.429. The quantitative estimate of drug-likeness (QED) is 0.840. The van der Waals surface area contributed by atoms with Gasteiger partial charge in [0, 0.05) is 41.8 Å². The molecule has 2 aromatic rings. The summed E-state index contributed by atoms with van der Waals surface area (Å²) in [5, 5.41) is 4.43. The minimum absolute atomic E-state index is 0.0540. The van der Waals surface area contributed by atoms with Crippen LogP contribution in [0.2, 0.25) is 0 Å². The molecule has 112 valence electrons. The lowest BCUT2D eigenvalue weighted by Crippen LogP contribution is -2.35. The topological polar surface area (TPSA) is 83.6 Å². The van der Waals surface area contributed by atoms with Gasteiger partial charge in [0.2, 0.25) is 0 Å². The Balaban J connectivity index is 2.03. The third-order valence-corrected chi connectivity index (χ3v) is 3.32. The van der Waals surface area contributed by atoms with Crippen LogP contribution >= 0.6 is 11.8 Å². The summed E-state index contributed by atoms with van der Waals surface area (Å²) in [6.45, 7) is 8.82. The maximum absolute atomic E-state index is 11.4. The lowest BCUT2D eigenvalue weighted by molar-refractivity contribution is 0.423. The van der Waals surface area contributed by atoms with Crippen LogP contribution < -0.4 is 10.9 Å². The van der Waals surface area contributed by atoms with Gasteiger partial charge in [0.05, 0.1) is 0 Å². The van der Waals surface area contributed by atoms with E-state index in [1.54, 1.807) is 19.3 Å². The Morgan fingerprint density at radius 2 is 1.95 bits per heavy atom. The predicted molar refractivity (Wildman–Crippen MR) is 82.3 cm³/mol. The summed E-state index contributed by atoms with van der Waals surface area (Å²) in [7, 11) is 0. The molecule has 0 bridgehead atoms. The molecule has 0 aromatic carbocycles. The molecule has 0 amide bonds. The molecule has 7 heteroatoms. The van der Waals surface area contributed by atoms with E-state index in [9.17, 15) is 4.79 Å². The van der Waals surface area contributed by atoms with E-state index in [2.05, 4.69) is 46.0 Å². The van der Waals surface area contributed by atoms with Gasteiger partial charge in [-0.2, -0.15) is 0 Å². The molecule has 6 nitrogen and oxygen atoms in total. The molecule has 0 radical (unpaired) electrons. The lowest BCUT2D eigenvalue weighted by atomic mass is 10.1. The standard InChI is InChI=1S/C14H19N5OS/c1-9-5-11(20)19-13(18-9)21-12-15-6-10(7-16-12)8-17-14(2,3)4/h5-7,17H,8H2,1-4H3,(H,18,19,20). The van der Waals surface area contributed by atoms with Gasteiger partial charge in [-0.05, 0) is 39.5 Å². The van der Waals surface area contributed by atoms with E-state index >= 15 is 0 Å². The average molecular weight is 305 g/mol. The zero-order valence-electron chi connectivity index (χ0n) is 12.6. The maximum atomic E-state index is 11.4. The number of H-pyrrole nitrogens is 1. The SMILES string of the molecule is Cc1cc(=O)[nH]c(Sc2ncc(CNC(C)(C)C)cn2)n1. The summed E-state index contributed by atoms with van der Waals surface area (Å²) in [6, 6.07) is 1.45. The first-order chi connectivity index (χ1) is 9.82. The molecule has 0 spiro atoms. The monoisotopic (exact) mass is 305 g/mol. The van der Waals surface area contributed by atoms with E-state index in [-0.39, 0.29) is 11.1 Å². The zero-order chi connectivity index (χ0) is 15.5. The van der Waals surface area contributed by atoms with Gasteiger partial charge in [-0.1, -0.05) is 0 Å². The maximum Gasteiger partial charge on any atom is 0.251 e. The largest absolute Gasteiger partial charge is 0.308 e. The third kappa shape index (κ3) is 5.28. The highest BCUT2D eigenvalue weighted by Gasteiger charge is 2.09. The van der Waals surface area contributed by atoms with Crippen LogP contribution in [0.25, 0.3) is 0 Å². The lowest BCUT2D eigenvalue weighted by Gasteiger charge is -2.20. The first kappa shape index (κ1) is 15.7. The van der Waals surface area contributed by atoms with E-state index in [4.69, 9.17) is 0 Å². The van der Waals surface area contributed by atoms with Gasteiger partial charge in [0.25, 0.3) is 5.56 Å². The van der Waals surface area contributed by atoms with Crippen LogP contribution in [0.3, 0.4) is 0 Å². The van der Waals surface area contributed by atoms with Gasteiger partial charge in [0.15, 0.2) is 10.3 Å². The van der Waals surface area contributed by atoms with Crippen LogP contribution in [0, 0.1) is 6.92 Å². The van der Waals surface area contributed by atoms with Crippen molar-refractivity contribution < 1.29 is 0 Å². The Kier molecular flexibility index (Phi) is 4.74. The van der Waals surface area contributed by atoms with Gasteiger partial charge in [-0.25, -0.2) is 15.0 Å². The fourth-order valence-electron chi connectivity index (χ4n) is 1.54. The molecule has 0 unspecified atom stereocenters. The minimum atomic E-state index is -0.170. The number of aromatic amines is 1. The highest BCUT2D eigenvalue weighted by atomic mass is 32.2. The number of rotatable bonds is 4. The van der Waals surface area contributed by atoms with Crippen LogP contribution in [0.1, 0.15) is 32.0 Å². The van der Waals surface area contributed by atoms with Gasteiger partial charge in [0.1, 0.15) is 0 Å². The molecule has 2 rings (SSSR count). The van der Waals surface area contributed by atoms with Crippen molar-refractivity contribution >= 4 is 11.8 Å². The molecule has 0 aliphatic carbocycles. The van der Waals surface area contributed by atoms with Crippen molar-refractivity contribution in [1.29, 1.82) is 0 Å². The van der Waals surface area contributed by atoms with E-state index in [0.717, 1.165) is 5.56 Å². The number of hydrogen-bond donors (Lipinski definition) is 2. The summed E-state index contributed by atoms with van der Waals surface area (Å²) in [5.41, 5.74) is 1.57. The van der Waals surface area contributed by atoms with Crippen molar-refractivity contribution in [3.05, 3.63) is 40.1 Å². The van der Waals surface area contributed by atoms with Crippen molar-refractivity contribution in [3.8, 4) is 0 Å². The van der Waals surface area contributed by atoms with Crippen molar-refractivity contribution in [3.63, 3.8) is 0 Å². The Labute approximate surface area is 127 Å². The molecular weight excluding hydrogens is 286 g/mol. The van der Waals surface area contributed by atoms with Crippen molar-refractivity contribution in [2.45, 2.75) is 50.1 Å². The van der Waals surface area contributed by atoms with Crippen LogP contribution in [-0.4, -0.2) is 25.5 Å². The molecule has 2 aromatic heterocycles. The number of hydrogen-bond acceptors (Lipinski definition) is 6. The number of aromatic nitrogens is 4.